The number of alkyl halides is 1. The molecule has 1 aliphatic heterocycles. The third-order valence-corrected chi connectivity index (χ3v) is 3.62. The monoisotopic (exact) mass is 257 g/mol. The Balaban J connectivity index is 2.25. The summed E-state index contributed by atoms with van der Waals surface area (Å²) in [6, 6.07) is 6.22. The first-order valence-corrected chi connectivity index (χ1v) is 6.85. The van der Waals surface area contributed by atoms with E-state index in [2.05, 4.69) is 0 Å². The number of ether oxygens (including phenoxy) is 1. The fraction of sp³-hybridized carbons (Fsp3) is 0.273. The smallest absolute Gasteiger partial charge is 0.199 e. The first-order chi connectivity index (χ1) is 8.02. The number of rotatable bonds is 3. The standard InChI is InChI=1S/C11H12FNO3S/c1-17(14,15)10-4-2-9(3-5-10)11-13(8-12)6-7-16-11/h2-7,11H,8H2,1H3. The minimum absolute atomic E-state index is 0.235. The van der Waals surface area contributed by atoms with Crippen molar-refractivity contribution in [2.45, 2.75) is 11.1 Å². The number of hydrogen-bond donors (Lipinski definition) is 0. The number of benzene rings is 1. The van der Waals surface area contributed by atoms with Crippen molar-refractivity contribution in [3.05, 3.63) is 42.3 Å². The molecular weight excluding hydrogens is 245 g/mol. The summed E-state index contributed by atoms with van der Waals surface area (Å²) in [4.78, 5) is 1.61. The number of nitrogens with zero attached hydrogens (tertiary/aromatic N) is 1. The first-order valence-electron chi connectivity index (χ1n) is 4.96. The Morgan fingerprint density at radius 3 is 2.53 bits per heavy atom. The molecule has 0 saturated carbocycles. The largest absolute Gasteiger partial charge is 0.472 e. The van der Waals surface area contributed by atoms with Crippen LogP contribution in [0, 0.1) is 0 Å². The molecular formula is C11H12FNO3S. The molecule has 1 atom stereocenters. The van der Waals surface area contributed by atoms with Gasteiger partial charge < -0.3 is 9.64 Å². The average molecular weight is 257 g/mol. The molecule has 0 radical (unpaired) electrons. The molecule has 0 aromatic heterocycles. The summed E-state index contributed by atoms with van der Waals surface area (Å²) in [5.41, 5.74) is 0.708. The van der Waals surface area contributed by atoms with E-state index in [9.17, 15) is 12.8 Å². The van der Waals surface area contributed by atoms with E-state index in [1.165, 1.54) is 29.5 Å². The van der Waals surface area contributed by atoms with Crippen LogP contribution in [0.3, 0.4) is 0 Å². The van der Waals surface area contributed by atoms with E-state index >= 15 is 0 Å². The van der Waals surface area contributed by atoms with Crippen LogP contribution in [0.2, 0.25) is 0 Å². The lowest BCUT2D eigenvalue weighted by atomic mass is 10.2. The number of halogens is 1. The summed E-state index contributed by atoms with van der Waals surface area (Å²) in [6.45, 7) is -0.658. The normalized spacial score (nSPS) is 19.4. The molecule has 0 fully saturated rings. The van der Waals surface area contributed by atoms with Crippen molar-refractivity contribution in [2.24, 2.45) is 0 Å². The molecule has 0 N–H and O–H groups in total. The van der Waals surface area contributed by atoms with E-state index in [0.717, 1.165) is 6.26 Å². The van der Waals surface area contributed by atoms with Crippen LogP contribution in [-0.4, -0.2) is 26.4 Å². The summed E-state index contributed by atoms with van der Waals surface area (Å²) >= 11 is 0. The molecule has 92 valence electrons. The van der Waals surface area contributed by atoms with Crippen LogP contribution < -0.4 is 0 Å². The molecule has 1 aromatic rings. The Hall–Kier alpha value is -1.56. The lowest BCUT2D eigenvalue weighted by Gasteiger charge is -2.21. The summed E-state index contributed by atoms with van der Waals surface area (Å²) in [5.74, 6) is 0. The highest BCUT2D eigenvalue weighted by Crippen LogP contribution is 2.28. The van der Waals surface area contributed by atoms with E-state index < -0.39 is 22.9 Å². The maximum absolute atomic E-state index is 12.6. The van der Waals surface area contributed by atoms with Crippen molar-refractivity contribution < 1.29 is 17.5 Å². The maximum atomic E-state index is 12.6. The van der Waals surface area contributed by atoms with Crippen molar-refractivity contribution >= 4 is 9.84 Å². The lowest BCUT2D eigenvalue weighted by Crippen LogP contribution is -2.19. The molecule has 0 saturated heterocycles. The van der Waals surface area contributed by atoms with Crippen LogP contribution in [0.5, 0.6) is 0 Å². The maximum Gasteiger partial charge on any atom is 0.199 e. The van der Waals surface area contributed by atoms with Gasteiger partial charge in [0.2, 0.25) is 0 Å². The van der Waals surface area contributed by atoms with E-state index in [0.29, 0.717) is 5.56 Å². The zero-order valence-corrected chi connectivity index (χ0v) is 10.0. The van der Waals surface area contributed by atoms with Gasteiger partial charge in [-0.1, -0.05) is 12.1 Å². The van der Waals surface area contributed by atoms with Gasteiger partial charge in [0, 0.05) is 18.0 Å². The van der Waals surface area contributed by atoms with Gasteiger partial charge in [-0.05, 0) is 12.1 Å². The molecule has 0 aliphatic carbocycles. The van der Waals surface area contributed by atoms with Crippen LogP contribution >= 0.6 is 0 Å². The summed E-state index contributed by atoms with van der Waals surface area (Å²) in [7, 11) is -3.21. The molecule has 17 heavy (non-hydrogen) atoms. The minimum Gasteiger partial charge on any atom is -0.472 e. The van der Waals surface area contributed by atoms with Crippen molar-refractivity contribution in [1.29, 1.82) is 0 Å². The SMILES string of the molecule is CS(=O)(=O)c1ccc(C2OC=CN2CF)cc1. The van der Waals surface area contributed by atoms with Crippen LogP contribution in [-0.2, 0) is 14.6 Å². The van der Waals surface area contributed by atoms with E-state index in [4.69, 9.17) is 4.74 Å². The molecule has 1 heterocycles. The van der Waals surface area contributed by atoms with Gasteiger partial charge in [0.1, 0.15) is 6.26 Å². The Bertz CT molecular complexity index is 524. The zero-order chi connectivity index (χ0) is 12.5. The second kappa shape index (κ2) is 4.37. The van der Waals surface area contributed by atoms with E-state index in [-0.39, 0.29) is 4.90 Å². The van der Waals surface area contributed by atoms with Crippen molar-refractivity contribution in [2.75, 3.05) is 13.1 Å². The molecule has 4 nitrogen and oxygen atoms in total. The fourth-order valence-electron chi connectivity index (χ4n) is 1.60. The average Bonchev–Trinajstić information content (AvgIpc) is 2.76. The molecule has 0 bridgehead atoms. The van der Waals surface area contributed by atoms with Gasteiger partial charge in [-0.15, -0.1) is 0 Å². The zero-order valence-electron chi connectivity index (χ0n) is 9.21. The van der Waals surface area contributed by atoms with Gasteiger partial charge in [-0.25, -0.2) is 12.8 Å². The molecule has 1 aromatic carbocycles. The third-order valence-electron chi connectivity index (χ3n) is 2.49. The summed E-state index contributed by atoms with van der Waals surface area (Å²) in [6.07, 6.45) is 3.54. The van der Waals surface area contributed by atoms with Crippen LogP contribution in [0.1, 0.15) is 11.8 Å². The van der Waals surface area contributed by atoms with Crippen LogP contribution in [0.15, 0.2) is 41.6 Å². The highest BCUT2D eigenvalue weighted by atomic mass is 32.2. The number of sulfone groups is 1. The van der Waals surface area contributed by atoms with Crippen molar-refractivity contribution in [1.82, 2.24) is 4.90 Å². The molecule has 0 spiro atoms. The van der Waals surface area contributed by atoms with Gasteiger partial charge in [-0.2, -0.15) is 0 Å². The lowest BCUT2D eigenvalue weighted by molar-refractivity contribution is 0.0328. The third kappa shape index (κ3) is 2.41. The Labute approximate surface area is 99.2 Å². The Morgan fingerprint density at radius 1 is 1.35 bits per heavy atom. The second-order valence-corrected chi connectivity index (χ2v) is 5.76. The summed E-state index contributed by atoms with van der Waals surface area (Å²) in [5, 5.41) is 0. The van der Waals surface area contributed by atoms with Crippen molar-refractivity contribution in [3.8, 4) is 0 Å². The first kappa shape index (κ1) is 11.9. The van der Waals surface area contributed by atoms with Crippen LogP contribution in [0.25, 0.3) is 0 Å². The minimum atomic E-state index is -3.21. The predicted molar refractivity (Wildman–Crippen MR) is 60.3 cm³/mol. The molecule has 0 amide bonds. The number of hydrogen-bond acceptors (Lipinski definition) is 4. The topological polar surface area (TPSA) is 46.6 Å². The van der Waals surface area contributed by atoms with Gasteiger partial charge in [0.15, 0.2) is 22.9 Å². The second-order valence-electron chi connectivity index (χ2n) is 3.75. The fourth-order valence-corrected chi connectivity index (χ4v) is 2.23. The van der Waals surface area contributed by atoms with Gasteiger partial charge in [-0.3, -0.25) is 0 Å². The van der Waals surface area contributed by atoms with E-state index in [1.54, 1.807) is 12.1 Å². The van der Waals surface area contributed by atoms with Crippen LogP contribution in [0.4, 0.5) is 4.39 Å². The van der Waals surface area contributed by atoms with Crippen molar-refractivity contribution in [3.63, 3.8) is 0 Å². The summed E-state index contributed by atoms with van der Waals surface area (Å²) < 4.78 is 40.4. The predicted octanol–water partition coefficient (Wildman–Crippen LogP) is 1.82. The molecule has 6 heteroatoms. The Kier molecular flexibility index (Phi) is 3.06. The van der Waals surface area contributed by atoms with Gasteiger partial charge in [0.25, 0.3) is 0 Å². The molecule has 1 aliphatic rings. The van der Waals surface area contributed by atoms with Gasteiger partial charge in [0.05, 0.1) is 4.90 Å². The quantitative estimate of drug-likeness (QED) is 0.775. The molecule has 1 unspecified atom stereocenters. The highest BCUT2D eigenvalue weighted by Gasteiger charge is 2.22. The molecule has 2 rings (SSSR count). The Morgan fingerprint density at radius 2 is 2.00 bits per heavy atom. The highest BCUT2D eigenvalue weighted by molar-refractivity contribution is 7.90. The van der Waals surface area contributed by atoms with E-state index in [1.807, 2.05) is 0 Å². The van der Waals surface area contributed by atoms with Gasteiger partial charge >= 0.3 is 0 Å².